The van der Waals surface area contributed by atoms with Crippen LogP contribution in [0, 0.1) is 0 Å². The Morgan fingerprint density at radius 3 is 2.50 bits per heavy atom. The Morgan fingerprint density at radius 1 is 1.35 bits per heavy atom. The maximum absolute atomic E-state index is 11.8. The Hall–Kier alpha value is -0.410. The topological polar surface area (TPSA) is 87.7 Å². The molecule has 9 heteroatoms. The summed E-state index contributed by atoms with van der Waals surface area (Å²) in [7, 11) is -3.45. The fraction of sp³-hybridized carbons (Fsp3) is 0.909. The van der Waals surface area contributed by atoms with E-state index in [2.05, 4.69) is 10.0 Å². The first-order valence-electron chi connectivity index (χ1n) is 6.48. The van der Waals surface area contributed by atoms with Crippen molar-refractivity contribution in [3.8, 4) is 0 Å². The minimum absolute atomic E-state index is 0. The van der Waals surface area contributed by atoms with E-state index >= 15 is 0 Å². The third-order valence-electron chi connectivity index (χ3n) is 2.72. The molecule has 1 fully saturated rings. The maximum atomic E-state index is 11.8. The van der Waals surface area contributed by atoms with Gasteiger partial charge in [-0.15, -0.1) is 12.4 Å². The zero-order valence-corrected chi connectivity index (χ0v) is 13.6. The summed E-state index contributed by atoms with van der Waals surface area (Å²) in [6, 6.07) is 0. The largest absolute Gasteiger partial charge is 0.378 e. The first kappa shape index (κ1) is 19.6. The molecule has 0 aromatic heterocycles. The average Bonchev–Trinajstić information content (AvgIpc) is 2.36. The van der Waals surface area contributed by atoms with Crippen molar-refractivity contribution in [3.63, 3.8) is 0 Å². The summed E-state index contributed by atoms with van der Waals surface area (Å²) in [5.41, 5.74) is 0. The van der Waals surface area contributed by atoms with E-state index in [0.717, 1.165) is 13.1 Å². The minimum atomic E-state index is -3.45. The van der Waals surface area contributed by atoms with E-state index < -0.39 is 10.0 Å². The Balaban J connectivity index is 0.00000361. The number of hydrogen-bond acceptors (Lipinski definition) is 5. The van der Waals surface area contributed by atoms with E-state index in [1.54, 1.807) is 4.90 Å². The minimum Gasteiger partial charge on any atom is -0.378 e. The van der Waals surface area contributed by atoms with Gasteiger partial charge in [-0.3, -0.25) is 4.79 Å². The highest BCUT2D eigenvalue weighted by Gasteiger charge is 2.18. The van der Waals surface area contributed by atoms with Gasteiger partial charge in [-0.2, -0.15) is 0 Å². The van der Waals surface area contributed by atoms with E-state index in [9.17, 15) is 13.2 Å². The van der Waals surface area contributed by atoms with Crippen LogP contribution in [0.4, 0.5) is 0 Å². The maximum Gasteiger partial charge on any atom is 0.237 e. The summed E-state index contributed by atoms with van der Waals surface area (Å²) in [4.78, 5) is 13.4. The normalized spacial score (nSPS) is 16.1. The Kier molecular flexibility index (Phi) is 9.32. The highest BCUT2D eigenvalue weighted by atomic mass is 35.5. The van der Waals surface area contributed by atoms with Crippen LogP contribution < -0.4 is 10.0 Å². The van der Waals surface area contributed by atoms with Gasteiger partial charge in [-0.1, -0.05) is 0 Å². The van der Waals surface area contributed by atoms with Crippen molar-refractivity contribution < 1.29 is 17.9 Å². The van der Waals surface area contributed by atoms with Gasteiger partial charge in [0.2, 0.25) is 15.9 Å². The molecule has 7 nitrogen and oxygen atoms in total. The molecule has 0 radical (unpaired) electrons. The standard InChI is InChI=1S/C11H23N3O4S.ClH/c1-10(2)18-7-8-19(16,17)13-9-11(15)14-5-3-12-4-6-14;/h10,12-13H,3-9H2,1-2H3;1H. The van der Waals surface area contributed by atoms with Crippen molar-refractivity contribution >= 4 is 28.3 Å². The molecule has 1 rings (SSSR count). The van der Waals surface area contributed by atoms with Crippen molar-refractivity contribution in [2.45, 2.75) is 20.0 Å². The summed E-state index contributed by atoms with van der Waals surface area (Å²) in [5.74, 6) is -0.310. The Labute approximate surface area is 126 Å². The van der Waals surface area contributed by atoms with Crippen molar-refractivity contribution in [2.24, 2.45) is 0 Å². The van der Waals surface area contributed by atoms with Gasteiger partial charge in [-0.05, 0) is 13.8 Å². The van der Waals surface area contributed by atoms with Crippen LogP contribution in [0.5, 0.6) is 0 Å². The summed E-state index contributed by atoms with van der Waals surface area (Å²) >= 11 is 0. The fourth-order valence-corrected chi connectivity index (χ4v) is 2.47. The molecular formula is C11H24ClN3O4S. The first-order chi connectivity index (χ1) is 8.91. The summed E-state index contributed by atoms with van der Waals surface area (Å²) in [6.45, 7) is 6.39. The van der Waals surface area contributed by atoms with Crippen LogP contribution in [0.2, 0.25) is 0 Å². The number of nitrogens with one attached hydrogen (secondary N) is 2. The molecule has 0 bridgehead atoms. The number of amides is 1. The lowest BCUT2D eigenvalue weighted by Crippen LogP contribution is -2.49. The monoisotopic (exact) mass is 329 g/mol. The van der Waals surface area contributed by atoms with Gasteiger partial charge in [0.1, 0.15) is 0 Å². The lowest BCUT2D eigenvalue weighted by atomic mass is 10.3. The summed E-state index contributed by atoms with van der Waals surface area (Å²) in [5, 5.41) is 3.13. The van der Waals surface area contributed by atoms with Crippen LogP contribution in [0.25, 0.3) is 0 Å². The Bertz CT molecular complexity index is 383. The summed E-state index contributed by atoms with van der Waals surface area (Å²) in [6.07, 6.45) is -0.00215. The second-order valence-corrected chi connectivity index (χ2v) is 6.62. The predicted molar refractivity (Wildman–Crippen MR) is 79.6 cm³/mol. The number of ether oxygens (including phenoxy) is 1. The van der Waals surface area contributed by atoms with Gasteiger partial charge in [-0.25, -0.2) is 13.1 Å². The predicted octanol–water partition coefficient (Wildman–Crippen LogP) is -0.816. The zero-order valence-electron chi connectivity index (χ0n) is 11.9. The van der Waals surface area contributed by atoms with Gasteiger partial charge in [0, 0.05) is 26.2 Å². The second kappa shape index (κ2) is 9.51. The number of halogens is 1. The molecule has 1 amide bonds. The van der Waals surface area contributed by atoms with Gasteiger partial charge < -0.3 is 15.0 Å². The number of piperazine rings is 1. The molecule has 120 valence electrons. The average molecular weight is 330 g/mol. The number of carbonyl (C=O) groups excluding carboxylic acids is 1. The molecule has 0 saturated carbocycles. The molecule has 2 N–H and O–H groups in total. The van der Waals surface area contributed by atoms with E-state index in [1.165, 1.54) is 0 Å². The molecule has 0 aliphatic carbocycles. The SMILES string of the molecule is CC(C)OCCS(=O)(=O)NCC(=O)N1CCNCC1.Cl. The quantitative estimate of drug-likeness (QED) is 0.637. The van der Waals surface area contributed by atoms with Crippen LogP contribution in [-0.4, -0.2) is 70.4 Å². The van der Waals surface area contributed by atoms with E-state index in [-0.39, 0.29) is 43.3 Å². The number of carbonyl (C=O) groups is 1. The molecule has 0 atom stereocenters. The Morgan fingerprint density at radius 2 is 1.95 bits per heavy atom. The van der Waals surface area contributed by atoms with Crippen LogP contribution in [-0.2, 0) is 19.6 Å². The number of hydrogen-bond donors (Lipinski definition) is 2. The van der Waals surface area contributed by atoms with Crippen LogP contribution in [0.15, 0.2) is 0 Å². The molecule has 20 heavy (non-hydrogen) atoms. The smallest absolute Gasteiger partial charge is 0.237 e. The number of rotatable bonds is 7. The van der Waals surface area contributed by atoms with Crippen LogP contribution >= 0.6 is 12.4 Å². The molecule has 0 aromatic carbocycles. The van der Waals surface area contributed by atoms with Gasteiger partial charge in [0.15, 0.2) is 0 Å². The first-order valence-corrected chi connectivity index (χ1v) is 8.13. The van der Waals surface area contributed by atoms with E-state index in [1.807, 2.05) is 13.8 Å². The van der Waals surface area contributed by atoms with Crippen molar-refractivity contribution in [2.75, 3.05) is 45.1 Å². The van der Waals surface area contributed by atoms with Crippen LogP contribution in [0.1, 0.15) is 13.8 Å². The van der Waals surface area contributed by atoms with Crippen molar-refractivity contribution in [3.05, 3.63) is 0 Å². The molecule has 0 unspecified atom stereocenters. The molecule has 0 aromatic rings. The highest BCUT2D eigenvalue weighted by molar-refractivity contribution is 7.89. The van der Waals surface area contributed by atoms with E-state index in [4.69, 9.17) is 4.74 Å². The lowest BCUT2D eigenvalue weighted by Gasteiger charge is -2.27. The van der Waals surface area contributed by atoms with Crippen molar-refractivity contribution in [1.82, 2.24) is 14.9 Å². The molecule has 1 aliphatic heterocycles. The molecule has 0 spiro atoms. The highest BCUT2D eigenvalue weighted by Crippen LogP contribution is 1.94. The number of nitrogens with zero attached hydrogens (tertiary/aromatic N) is 1. The van der Waals surface area contributed by atoms with Gasteiger partial charge >= 0.3 is 0 Å². The van der Waals surface area contributed by atoms with Gasteiger partial charge in [0.05, 0.1) is 25.0 Å². The fourth-order valence-electron chi connectivity index (χ4n) is 1.66. The lowest BCUT2D eigenvalue weighted by molar-refractivity contribution is -0.130. The third kappa shape index (κ3) is 8.01. The zero-order chi connectivity index (χ0) is 14.3. The third-order valence-corrected chi connectivity index (χ3v) is 4.00. The second-order valence-electron chi connectivity index (χ2n) is 4.69. The molecular weight excluding hydrogens is 306 g/mol. The van der Waals surface area contributed by atoms with E-state index in [0.29, 0.717) is 13.1 Å². The van der Waals surface area contributed by atoms with Crippen LogP contribution in [0.3, 0.4) is 0 Å². The van der Waals surface area contributed by atoms with Gasteiger partial charge in [0.25, 0.3) is 0 Å². The van der Waals surface area contributed by atoms with Crippen molar-refractivity contribution in [1.29, 1.82) is 0 Å². The summed E-state index contributed by atoms with van der Waals surface area (Å²) < 4.78 is 30.7. The molecule has 1 aliphatic rings. The number of sulfonamides is 1. The molecule has 1 saturated heterocycles. The molecule has 1 heterocycles.